The molecule has 0 aromatic carbocycles. The molecule has 0 amide bonds. The summed E-state index contributed by atoms with van der Waals surface area (Å²) in [6.07, 6.45) is 4.16. The first-order valence-corrected chi connectivity index (χ1v) is 5.09. The van der Waals surface area contributed by atoms with Crippen LogP contribution in [0, 0.1) is 5.92 Å². The van der Waals surface area contributed by atoms with Gasteiger partial charge < -0.3 is 4.74 Å². The summed E-state index contributed by atoms with van der Waals surface area (Å²) in [6, 6.07) is 1.82. The van der Waals surface area contributed by atoms with E-state index in [0.29, 0.717) is 0 Å². The van der Waals surface area contributed by atoms with Crippen molar-refractivity contribution in [1.29, 1.82) is 0 Å². The lowest BCUT2D eigenvalue weighted by Gasteiger charge is -2.01. The molecule has 2 aliphatic rings. The molecule has 0 aromatic rings. The lowest BCUT2D eigenvalue weighted by atomic mass is 10.2. The van der Waals surface area contributed by atoms with Gasteiger partial charge in [-0.05, 0) is 32.1 Å². The van der Waals surface area contributed by atoms with Crippen LogP contribution in [0.3, 0.4) is 0 Å². The molecule has 0 spiro atoms. The van der Waals surface area contributed by atoms with Crippen molar-refractivity contribution in [2.24, 2.45) is 5.92 Å². The maximum absolute atomic E-state index is 5.04. The molecule has 1 aliphatic heterocycles. The molecule has 1 heterocycles. The SMILES string of the molecule is COCCCN1C(C)C1C1CC1. The van der Waals surface area contributed by atoms with Crippen LogP contribution in [0.2, 0.25) is 0 Å². The Balaban J connectivity index is 1.63. The Morgan fingerprint density at radius 2 is 2.17 bits per heavy atom. The van der Waals surface area contributed by atoms with Crippen molar-refractivity contribution in [3.05, 3.63) is 0 Å². The van der Waals surface area contributed by atoms with Crippen molar-refractivity contribution in [1.82, 2.24) is 4.90 Å². The Bertz CT molecular complexity index is 156. The van der Waals surface area contributed by atoms with Crippen LogP contribution >= 0.6 is 0 Å². The summed E-state index contributed by atoms with van der Waals surface area (Å²) in [6.45, 7) is 4.52. The first kappa shape index (κ1) is 8.52. The third kappa shape index (κ3) is 1.64. The fourth-order valence-corrected chi connectivity index (χ4v) is 2.28. The van der Waals surface area contributed by atoms with Crippen LogP contribution in [0.15, 0.2) is 0 Å². The van der Waals surface area contributed by atoms with Gasteiger partial charge in [0.1, 0.15) is 0 Å². The highest BCUT2D eigenvalue weighted by atomic mass is 16.5. The zero-order valence-corrected chi connectivity index (χ0v) is 8.12. The monoisotopic (exact) mass is 169 g/mol. The summed E-state index contributed by atoms with van der Waals surface area (Å²) in [5.74, 6) is 1.06. The summed E-state index contributed by atoms with van der Waals surface area (Å²) in [4.78, 5) is 2.62. The predicted octanol–water partition coefficient (Wildman–Crippen LogP) is 1.51. The van der Waals surface area contributed by atoms with Crippen LogP contribution in [-0.4, -0.2) is 37.2 Å². The Kier molecular flexibility index (Phi) is 2.37. The minimum absolute atomic E-state index is 0.870. The van der Waals surface area contributed by atoms with Gasteiger partial charge in [0.2, 0.25) is 0 Å². The molecule has 1 aliphatic carbocycles. The highest BCUT2D eigenvalue weighted by Gasteiger charge is 2.51. The van der Waals surface area contributed by atoms with E-state index in [-0.39, 0.29) is 0 Å². The van der Waals surface area contributed by atoms with Gasteiger partial charge >= 0.3 is 0 Å². The molecule has 2 heteroatoms. The molecule has 12 heavy (non-hydrogen) atoms. The fourth-order valence-electron chi connectivity index (χ4n) is 2.28. The molecular formula is C10H19NO. The average molecular weight is 169 g/mol. The molecule has 0 N–H and O–H groups in total. The fraction of sp³-hybridized carbons (Fsp3) is 1.00. The van der Waals surface area contributed by atoms with Gasteiger partial charge in [-0.15, -0.1) is 0 Å². The second kappa shape index (κ2) is 3.35. The number of methoxy groups -OCH3 is 1. The van der Waals surface area contributed by atoms with Crippen LogP contribution in [0.4, 0.5) is 0 Å². The van der Waals surface area contributed by atoms with Gasteiger partial charge in [-0.1, -0.05) is 0 Å². The standard InChI is InChI=1S/C10H19NO/c1-8-10(9-4-5-9)11(8)6-3-7-12-2/h8-10H,3-7H2,1-2H3. The summed E-state index contributed by atoms with van der Waals surface area (Å²) >= 11 is 0. The van der Waals surface area contributed by atoms with E-state index in [0.717, 1.165) is 24.6 Å². The maximum Gasteiger partial charge on any atom is 0.0474 e. The molecule has 70 valence electrons. The molecule has 0 radical (unpaired) electrons. The molecule has 3 atom stereocenters. The van der Waals surface area contributed by atoms with Crippen LogP contribution in [-0.2, 0) is 4.74 Å². The lowest BCUT2D eigenvalue weighted by molar-refractivity contribution is 0.188. The molecule has 0 bridgehead atoms. The van der Waals surface area contributed by atoms with Crippen LogP contribution in [0.5, 0.6) is 0 Å². The van der Waals surface area contributed by atoms with Gasteiger partial charge in [0, 0.05) is 32.3 Å². The van der Waals surface area contributed by atoms with Crippen LogP contribution < -0.4 is 0 Å². The van der Waals surface area contributed by atoms with Crippen molar-refractivity contribution >= 4 is 0 Å². The molecule has 1 saturated heterocycles. The van der Waals surface area contributed by atoms with Gasteiger partial charge in [-0.25, -0.2) is 0 Å². The van der Waals surface area contributed by atoms with Gasteiger partial charge in [-0.2, -0.15) is 0 Å². The van der Waals surface area contributed by atoms with Crippen molar-refractivity contribution in [2.45, 2.75) is 38.3 Å². The topological polar surface area (TPSA) is 12.2 Å². The zero-order chi connectivity index (χ0) is 8.55. The van der Waals surface area contributed by atoms with Crippen LogP contribution in [0.1, 0.15) is 26.2 Å². The number of ether oxygens (including phenoxy) is 1. The Labute approximate surface area is 74.9 Å². The van der Waals surface area contributed by atoms with Gasteiger partial charge in [0.25, 0.3) is 0 Å². The summed E-state index contributed by atoms with van der Waals surface area (Å²) in [7, 11) is 1.78. The minimum atomic E-state index is 0.870. The molecule has 2 rings (SSSR count). The van der Waals surface area contributed by atoms with Gasteiger partial charge in [0.05, 0.1) is 0 Å². The Morgan fingerprint density at radius 3 is 2.75 bits per heavy atom. The second-order valence-corrected chi connectivity index (χ2v) is 4.15. The first-order valence-electron chi connectivity index (χ1n) is 5.09. The summed E-state index contributed by atoms with van der Waals surface area (Å²) in [5, 5.41) is 0. The van der Waals surface area contributed by atoms with E-state index >= 15 is 0 Å². The second-order valence-electron chi connectivity index (χ2n) is 4.15. The third-order valence-electron chi connectivity index (χ3n) is 3.18. The number of hydrogen-bond acceptors (Lipinski definition) is 2. The Hall–Kier alpha value is -0.0800. The quantitative estimate of drug-likeness (QED) is 0.457. The predicted molar refractivity (Wildman–Crippen MR) is 49.2 cm³/mol. The molecule has 2 nitrogen and oxygen atoms in total. The highest BCUT2D eigenvalue weighted by Crippen LogP contribution is 2.46. The molecular weight excluding hydrogens is 150 g/mol. The maximum atomic E-state index is 5.04. The van der Waals surface area contributed by atoms with E-state index in [4.69, 9.17) is 4.74 Å². The third-order valence-corrected chi connectivity index (χ3v) is 3.18. The Morgan fingerprint density at radius 1 is 1.42 bits per heavy atom. The van der Waals surface area contributed by atoms with Gasteiger partial charge in [-0.3, -0.25) is 4.90 Å². The van der Waals surface area contributed by atoms with E-state index < -0.39 is 0 Å². The van der Waals surface area contributed by atoms with Crippen LogP contribution in [0.25, 0.3) is 0 Å². The van der Waals surface area contributed by atoms with Gasteiger partial charge in [0.15, 0.2) is 0 Å². The van der Waals surface area contributed by atoms with Crippen molar-refractivity contribution in [2.75, 3.05) is 20.3 Å². The van der Waals surface area contributed by atoms with E-state index in [1.165, 1.54) is 25.8 Å². The summed E-state index contributed by atoms with van der Waals surface area (Å²) < 4.78 is 5.04. The number of nitrogens with zero attached hydrogens (tertiary/aromatic N) is 1. The molecule has 0 aromatic heterocycles. The number of rotatable bonds is 5. The minimum Gasteiger partial charge on any atom is -0.385 e. The molecule has 1 saturated carbocycles. The average Bonchev–Trinajstić information content (AvgIpc) is 2.89. The van der Waals surface area contributed by atoms with E-state index in [1.807, 2.05) is 0 Å². The normalized spacial score (nSPS) is 40.0. The lowest BCUT2D eigenvalue weighted by Crippen LogP contribution is -2.07. The van der Waals surface area contributed by atoms with E-state index in [2.05, 4.69) is 11.8 Å². The smallest absolute Gasteiger partial charge is 0.0474 e. The molecule has 3 unspecified atom stereocenters. The number of hydrogen-bond donors (Lipinski definition) is 0. The summed E-state index contributed by atoms with van der Waals surface area (Å²) in [5.41, 5.74) is 0. The molecule has 2 fully saturated rings. The first-order chi connectivity index (χ1) is 5.84. The zero-order valence-electron chi connectivity index (χ0n) is 8.12. The van der Waals surface area contributed by atoms with Crippen molar-refractivity contribution < 1.29 is 4.74 Å². The van der Waals surface area contributed by atoms with E-state index in [9.17, 15) is 0 Å². The largest absolute Gasteiger partial charge is 0.385 e. The van der Waals surface area contributed by atoms with Crippen molar-refractivity contribution in [3.63, 3.8) is 0 Å². The highest BCUT2D eigenvalue weighted by molar-refractivity contribution is 5.06. The van der Waals surface area contributed by atoms with E-state index in [1.54, 1.807) is 7.11 Å². The van der Waals surface area contributed by atoms with Crippen molar-refractivity contribution in [3.8, 4) is 0 Å².